The number of piperidine rings is 1. The minimum absolute atomic E-state index is 0.0884. The van der Waals surface area contributed by atoms with Crippen LogP contribution in [0.2, 0.25) is 0 Å². The quantitative estimate of drug-likeness (QED) is 0.713. The standard InChI is InChI=1S/C12H17N3O3S/c13-12(16)9-3-5-11(6-4-9)19(17,18)15-10-2-1-7-14-8-10/h3-6,10,14-15H,1-2,7-8H2,(H2,13,16). The van der Waals surface area contributed by atoms with Gasteiger partial charge >= 0.3 is 0 Å². The maximum absolute atomic E-state index is 12.1. The molecule has 1 heterocycles. The Morgan fingerprint density at radius 2 is 2.00 bits per heavy atom. The van der Waals surface area contributed by atoms with Crippen molar-refractivity contribution in [3.8, 4) is 0 Å². The molecule has 1 aromatic carbocycles. The summed E-state index contributed by atoms with van der Waals surface area (Å²) in [7, 11) is -3.54. The van der Waals surface area contributed by atoms with Crippen LogP contribution in [-0.4, -0.2) is 33.5 Å². The van der Waals surface area contributed by atoms with Crippen LogP contribution in [0, 0.1) is 0 Å². The van der Waals surface area contributed by atoms with E-state index in [4.69, 9.17) is 5.73 Å². The van der Waals surface area contributed by atoms with Gasteiger partial charge in [-0.2, -0.15) is 0 Å². The monoisotopic (exact) mass is 283 g/mol. The van der Waals surface area contributed by atoms with Gasteiger partial charge in [0.2, 0.25) is 15.9 Å². The van der Waals surface area contributed by atoms with Gasteiger partial charge < -0.3 is 11.1 Å². The summed E-state index contributed by atoms with van der Waals surface area (Å²) in [4.78, 5) is 11.1. The third kappa shape index (κ3) is 3.52. The molecule has 0 aliphatic carbocycles. The highest BCUT2D eigenvalue weighted by atomic mass is 32.2. The maximum Gasteiger partial charge on any atom is 0.248 e. The van der Waals surface area contributed by atoms with Crippen molar-refractivity contribution in [1.82, 2.24) is 10.0 Å². The first kappa shape index (κ1) is 14.0. The number of rotatable bonds is 4. The SMILES string of the molecule is NC(=O)c1ccc(S(=O)(=O)NC2CCCNC2)cc1. The first-order chi connectivity index (χ1) is 8.99. The van der Waals surface area contributed by atoms with Crippen LogP contribution in [0.15, 0.2) is 29.2 Å². The van der Waals surface area contributed by atoms with Crippen molar-refractivity contribution in [2.45, 2.75) is 23.8 Å². The van der Waals surface area contributed by atoms with Crippen LogP contribution >= 0.6 is 0 Å². The molecule has 0 bridgehead atoms. The molecule has 0 saturated carbocycles. The lowest BCUT2D eigenvalue weighted by Crippen LogP contribution is -2.45. The highest BCUT2D eigenvalue weighted by Gasteiger charge is 2.21. The number of hydrogen-bond donors (Lipinski definition) is 3. The molecule has 1 aliphatic rings. The topological polar surface area (TPSA) is 101 Å². The molecule has 1 aromatic rings. The van der Waals surface area contributed by atoms with Crippen molar-refractivity contribution < 1.29 is 13.2 Å². The molecule has 6 nitrogen and oxygen atoms in total. The number of hydrogen-bond acceptors (Lipinski definition) is 4. The van der Waals surface area contributed by atoms with Crippen molar-refractivity contribution in [2.24, 2.45) is 5.73 Å². The van der Waals surface area contributed by atoms with E-state index in [0.717, 1.165) is 19.4 Å². The van der Waals surface area contributed by atoms with Gasteiger partial charge in [0.05, 0.1) is 4.90 Å². The molecule has 1 unspecified atom stereocenters. The molecule has 4 N–H and O–H groups in total. The molecule has 2 rings (SSSR count). The van der Waals surface area contributed by atoms with Gasteiger partial charge in [0.1, 0.15) is 0 Å². The fourth-order valence-corrected chi connectivity index (χ4v) is 3.31. The molecule has 1 amide bonds. The summed E-state index contributed by atoms with van der Waals surface area (Å²) in [6.45, 7) is 1.56. The Balaban J connectivity index is 2.12. The highest BCUT2D eigenvalue weighted by molar-refractivity contribution is 7.89. The summed E-state index contributed by atoms with van der Waals surface area (Å²) in [6, 6.07) is 5.51. The van der Waals surface area contributed by atoms with E-state index in [9.17, 15) is 13.2 Å². The Kier molecular flexibility index (Phi) is 4.18. The number of carbonyl (C=O) groups excluding carboxylic acids is 1. The van der Waals surface area contributed by atoms with Crippen LogP contribution in [0.4, 0.5) is 0 Å². The molecular formula is C12H17N3O3S. The Morgan fingerprint density at radius 3 is 2.53 bits per heavy atom. The maximum atomic E-state index is 12.1. The van der Waals surface area contributed by atoms with Crippen LogP contribution in [0.1, 0.15) is 23.2 Å². The molecule has 1 fully saturated rings. The van der Waals surface area contributed by atoms with E-state index < -0.39 is 15.9 Å². The fourth-order valence-electron chi connectivity index (χ4n) is 2.04. The Bertz CT molecular complexity index is 548. The van der Waals surface area contributed by atoms with Crippen molar-refractivity contribution in [1.29, 1.82) is 0 Å². The lowest BCUT2D eigenvalue weighted by Gasteiger charge is -2.23. The summed E-state index contributed by atoms with van der Waals surface area (Å²) in [5.74, 6) is -0.576. The van der Waals surface area contributed by atoms with Gasteiger partial charge in [-0.15, -0.1) is 0 Å². The number of nitrogens with one attached hydrogen (secondary N) is 2. The number of nitrogens with two attached hydrogens (primary N) is 1. The zero-order valence-electron chi connectivity index (χ0n) is 10.4. The lowest BCUT2D eigenvalue weighted by atomic mass is 10.1. The van der Waals surface area contributed by atoms with Crippen LogP contribution in [-0.2, 0) is 10.0 Å². The van der Waals surface area contributed by atoms with Crippen LogP contribution in [0.5, 0.6) is 0 Å². The molecule has 0 spiro atoms. The first-order valence-corrected chi connectivity index (χ1v) is 7.60. The van der Waals surface area contributed by atoms with Crippen molar-refractivity contribution >= 4 is 15.9 Å². The third-order valence-corrected chi connectivity index (χ3v) is 4.60. The number of carbonyl (C=O) groups is 1. The van der Waals surface area contributed by atoms with E-state index >= 15 is 0 Å². The molecule has 0 radical (unpaired) electrons. The molecular weight excluding hydrogens is 266 g/mol. The van der Waals surface area contributed by atoms with Gasteiger partial charge in [-0.1, -0.05) is 0 Å². The second kappa shape index (κ2) is 5.68. The Labute approximate surface area is 112 Å². The summed E-state index contributed by atoms with van der Waals surface area (Å²) in [5, 5.41) is 3.14. The van der Waals surface area contributed by atoms with Crippen molar-refractivity contribution in [3.63, 3.8) is 0 Å². The van der Waals surface area contributed by atoms with Crippen LogP contribution < -0.4 is 15.8 Å². The zero-order chi connectivity index (χ0) is 13.9. The molecule has 1 atom stereocenters. The second-order valence-electron chi connectivity index (χ2n) is 4.55. The second-order valence-corrected chi connectivity index (χ2v) is 6.27. The van der Waals surface area contributed by atoms with Gasteiger partial charge in [0.25, 0.3) is 0 Å². The van der Waals surface area contributed by atoms with E-state index in [2.05, 4.69) is 10.0 Å². The molecule has 1 saturated heterocycles. The molecule has 7 heteroatoms. The minimum atomic E-state index is -3.54. The van der Waals surface area contributed by atoms with Gasteiger partial charge in [0, 0.05) is 18.2 Å². The van der Waals surface area contributed by atoms with Gasteiger partial charge in [-0.3, -0.25) is 4.79 Å². The first-order valence-electron chi connectivity index (χ1n) is 6.12. The number of benzene rings is 1. The predicted octanol–water partition coefficient (Wildman–Crippen LogP) is -0.184. The van der Waals surface area contributed by atoms with Crippen LogP contribution in [0.3, 0.4) is 0 Å². The van der Waals surface area contributed by atoms with Gasteiger partial charge in [0.15, 0.2) is 0 Å². The summed E-state index contributed by atoms with van der Waals surface area (Å²) < 4.78 is 26.9. The molecule has 104 valence electrons. The third-order valence-electron chi connectivity index (χ3n) is 3.07. The summed E-state index contributed by atoms with van der Waals surface area (Å²) >= 11 is 0. The Hall–Kier alpha value is -1.44. The highest BCUT2D eigenvalue weighted by Crippen LogP contribution is 2.12. The van der Waals surface area contributed by atoms with Crippen LogP contribution in [0.25, 0.3) is 0 Å². The number of amides is 1. The molecule has 19 heavy (non-hydrogen) atoms. The number of primary amides is 1. The molecule has 0 aromatic heterocycles. The normalized spacial score (nSPS) is 20.1. The van der Waals surface area contributed by atoms with E-state index in [0.29, 0.717) is 12.1 Å². The Morgan fingerprint density at radius 1 is 1.32 bits per heavy atom. The van der Waals surface area contributed by atoms with Gasteiger partial charge in [-0.25, -0.2) is 13.1 Å². The predicted molar refractivity (Wildman–Crippen MR) is 71.2 cm³/mol. The largest absolute Gasteiger partial charge is 0.366 e. The fraction of sp³-hybridized carbons (Fsp3) is 0.417. The average Bonchev–Trinajstić information content (AvgIpc) is 2.39. The summed E-state index contributed by atoms with van der Waals surface area (Å²) in [5.41, 5.74) is 5.40. The minimum Gasteiger partial charge on any atom is -0.366 e. The van der Waals surface area contributed by atoms with E-state index in [1.807, 2.05) is 0 Å². The van der Waals surface area contributed by atoms with Gasteiger partial charge in [-0.05, 0) is 43.7 Å². The number of sulfonamides is 1. The smallest absolute Gasteiger partial charge is 0.248 e. The summed E-state index contributed by atoms with van der Waals surface area (Å²) in [6.07, 6.45) is 1.78. The van der Waals surface area contributed by atoms with E-state index in [1.165, 1.54) is 24.3 Å². The average molecular weight is 283 g/mol. The van der Waals surface area contributed by atoms with Crippen molar-refractivity contribution in [3.05, 3.63) is 29.8 Å². The van der Waals surface area contributed by atoms with E-state index in [1.54, 1.807) is 0 Å². The zero-order valence-corrected chi connectivity index (χ0v) is 11.2. The molecule has 1 aliphatic heterocycles. The van der Waals surface area contributed by atoms with E-state index in [-0.39, 0.29) is 10.9 Å². The van der Waals surface area contributed by atoms with Crippen molar-refractivity contribution in [2.75, 3.05) is 13.1 Å². The lowest BCUT2D eigenvalue weighted by molar-refractivity contribution is 0.1000.